The van der Waals surface area contributed by atoms with Crippen molar-refractivity contribution >= 4 is 29.1 Å². The van der Waals surface area contributed by atoms with Gasteiger partial charge in [0.25, 0.3) is 0 Å². The number of rotatable bonds is 17. The van der Waals surface area contributed by atoms with Gasteiger partial charge in [0.05, 0.1) is 5.56 Å². The Bertz CT molecular complexity index is 1450. The molecule has 0 N–H and O–H groups in total. The molecule has 0 bridgehead atoms. The molecule has 1 aliphatic rings. The van der Waals surface area contributed by atoms with E-state index in [1.807, 2.05) is 48.6 Å². The van der Waals surface area contributed by atoms with E-state index in [4.69, 9.17) is 25.8 Å². The van der Waals surface area contributed by atoms with Gasteiger partial charge in [-0.25, -0.2) is 9.59 Å². The molecule has 0 saturated heterocycles. The van der Waals surface area contributed by atoms with Crippen molar-refractivity contribution in [1.82, 2.24) is 0 Å². The summed E-state index contributed by atoms with van der Waals surface area (Å²) >= 11 is 5.29. The molecule has 1 aliphatic carbocycles. The third kappa shape index (κ3) is 10.4. The molecule has 4 rings (SSSR count). The minimum Gasteiger partial charge on any atom is -0.451 e. The fraction of sp³-hybridized carbons (Fsp3) is 0.368. The lowest BCUT2D eigenvalue weighted by molar-refractivity contribution is -0.156. The molecule has 0 saturated carbocycles. The van der Waals surface area contributed by atoms with Crippen LogP contribution >= 0.6 is 11.6 Å². The van der Waals surface area contributed by atoms with Crippen LogP contribution in [0.5, 0.6) is 5.75 Å². The Balaban J connectivity index is 1.39. The Labute approximate surface area is 275 Å². The van der Waals surface area contributed by atoms with Crippen LogP contribution in [0.2, 0.25) is 0 Å². The number of carbonyl (C=O) groups is 2. The van der Waals surface area contributed by atoms with Gasteiger partial charge < -0.3 is 14.2 Å². The third-order valence-electron chi connectivity index (χ3n) is 7.92. The summed E-state index contributed by atoms with van der Waals surface area (Å²) in [7, 11) is 0. The second kappa shape index (κ2) is 17.2. The van der Waals surface area contributed by atoms with E-state index in [1.54, 1.807) is 30.3 Å². The monoisotopic (exact) mass is 650 g/mol. The second-order valence-electron chi connectivity index (χ2n) is 11.4. The van der Waals surface area contributed by atoms with E-state index >= 15 is 0 Å². The van der Waals surface area contributed by atoms with E-state index in [-0.39, 0.29) is 24.2 Å². The fourth-order valence-electron chi connectivity index (χ4n) is 5.20. The number of carbonyl (C=O) groups excluding carboxylic acids is 2. The van der Waals surface area contributed by atoms with E-state index in [9.17, 15) is 18.4 Å². The predicted molar refractivity (Wildman–Crippen MR) is 177 cm³/mol. The quantitative estimate of drug-likeness (QED) is 0.0630. The number of ether oxygens (including phenoxy) is 3. The molecule has 0 amide bonds. The summed E-state index contributed by atoms with van der Waals surface area (Å²) in [5.74, 6) is -1.36. The molecule has 2 unspecified atom stereocenters. The number of hydrogen-bond acceptors (Lipinski definition) is 5. The SMILES string of the molecule is CCCCCCCCOC1(C(=O)Oc2ccc(C(=O)OC(CCc3ccccc3)C(F)(F)Cl)cc2)C=CC(c2ccccc2)=CC1. The van der Waals surface area contributed by atoms with Crippen molar-refractivity contribution in [2.45, 2.75) is 81.8 Å². The van der Waals surface area contributed by atoms with Gasteiger partial charge in [0.1, 0.15) is 5.75 Å². The molecule has 0 aromatic heterocycles. The highest BCUT2D eigenvalue weighted by atomic mass is 35.5. The number of hydrogen-bond donors (Lipinski definition) is 0. The number of unbranched alkanes of at least 4 members (excludes halogenated alkanes) is 5. The molecule has 5 nitrogen and oxygen atoms in total. The van der Waals surface area contributed by atoms with Crippen molar-refractivity contribution in [2.75, 3.05) is 6.61 Å². The van der Waals surface area contributed by atoms with Gasteiger partial charge in [0.15, 0.2) is 11.7 Å². The molecule has 244 valence electrons. The number of halogens is 3. The summed E-state index contributed by atoms with van der Waals surface area (Å²) in [5, 5.41) is -3.74. The molecule has 0 spiro atoms. The summed E-state index contributed by atoms with van der Waals surface area (Å²) in [6.07, 6.45) is 10.7. The zero-order valence-corrected chi connectivity index (χ0v) is 26.9. The maximum Gasteiger partial charge on any atom is 0.357 e. The highest BCUT2D eigenvalue weighted by Crippen LogP contribution is 2.33. The van der Waals surface area contributed by atoms with Crippen molar-refractivity contribution in [3.63, 3.8) is 0 Å². The second-order valence-corrected chi connectivity index (χ2v) is 11.9. The average molecular weight is 651 g/mol. The van der Waals surface area contributed by atoms with Gasteiger partial charge >= 0.3 is 17.3 Å². The predicted octanol–water partition coefficient (Wildman–Crippen LogP) is 9.74. The van der Waals surface area contributed by atoms with Gasteiger partial charge in [-0.3, -0.25) is 0 Å². The summed E-state index contributed by atoms with van der Waals surface area (Å²) < 4.78 is 45.3. The van der Waals surface area contributed by atoms with Crippen molar-refractivity contribution in [3.05, 3.63) is 120 Å². The van der Waals surface area contributed by atoms with Gasteiger partial charge in [0.2, 0.25) is 0 Å². The van der Waals surface area contributed by atoms with Gasteiger partial charge in [-0.05, 0) is 77.9 Å². The minimum absolute atomic E-state index is 0.0208. The van der Waals surface area contributed by atoms with Gasteiger partial charge in [-0.15, -0.1) is 0 Å². The first-order chi connectivity index (χ1) is 22.2. The van der Waals surface area contributed by atoms with E-state index in [0.717, 1.165) is 36.0 Å². The first kappa shape index (κ1) is 35.1. The lowest BCUT2D eigenvalue weighted by Gasteiger charge is -2.30. The molecule has 0 radical (unpaired) electrons. The Morgan fingerprint density at radius 1 is 0.891 bits per heavy atom. The normalized spacial score (nSPS) is 16.8. The maximum atomic E-state index is 14.1. The number of esters is 2. The standard InChI is InChI=1S/C38H41ClF2O5/c1-2-3-4-5-6-13-28-44-37(26-24-31(25-27-37)30-16-11-8-12-17-30)36(43)45-33-21-19-32(20-22-33)35(42)46-34(38(39,40)41)23-18-29-14-9-7-10-15-29/h7-12,14-17,19-22,24-26,34H,2-6,13,18,23,27-28H2,1H3. The Morgan fingerprint density at radius 2 is 1.54 bits per heavy atom. The Hall–Kier alpha value is -3.81. The molecular formula is C38H41ClF2O5. The van der Waals surface area contributed by atoms with Crippen LogP contribution in [-0.4, -0.2) is 35.6 Å². The summed E-state index contributed by atoms with van der Waals surface area (Å²) in [6, 6.07) is 24.5. The lowest BCUT2D eigenvalue weighted by atomic mass is 9.89. The first-order valence-corrected chi connectivity index (χ1v) is 16.3. The van der Waals surface area contributed by atoms with Crippen molar-refractivity contribution in [3.8, 4) is 5.75 Å². The van der Waals surface area contributed by atoms with E-state index < -0.39 is 29.0 Å². The van der Waals surface area contributed by atoms with Crippen LogP contribution in [-0.2, 0) is 20.7 Å². The maximum absolute atomic E-state index is 14.1. The topological polar surface area (TPSA) is 61.8 Å². The number of alkyl halides is 3. The summed E-state index contributed by atoms with van der Waals surface area (Å²) in [4.78, 5) is 26.3. The Morgan fingerprint density at radius 3 is 2.17 bits per heavy atom. The number of aryl methyl sites for hydroxylation is 1. The summed E-state index contributed by atoms with van der Waals surface area (Å²) in [5.41, 5.74) is 1.56. The smallest absolute Gasteiger partial charge is 0.357 e. The third-order valence-corrected chi connectivity index (χ3v) is 8.16. The molecule has 8 heteroatoms. The van der Waals surface area contributed by atoms with E-state index in [1.165, 1.54) is 43.5 Å². The van der Waals surface area contributed by atoms with Crippen molar-refractivity contribution in [2.24, 2.45) is 0 Å². The van der Waals surface area contributed by atoms with Crippen LogP contribution in [0.25, 0.3) is 5.57 Å². The molecule has 0 fully saturated rings. The molecule has 3 aromatic carbocycles. The molecule has 46 heavy (non-hydrogen) atoms. The van der Waals surface area contributed by atoms with Crippen LogP contribution in [0, 0.1) is 0 Å². The van der Waals surface area contributed by atoms with Gasteiger partial charge in [-0.1, -0.05) is 112 Å². The lowest BCUT2D eigenvalue weighted by Crippen LogP contribution is -2.43. The van der Waals surface area contributed by atoms with Crippen molar-refractivity contribution in [1.29, 1.82) is 0 Å². The minimum atomic E-state index is -3.74. The number of allylic oxidation sites excluding steroid dienone is 2. The summed E-state index contributed by atoms with van der Waals surface area (Å²) in [6.45, 7) is 2.58. The van der Waals surface area contributed by atoms with E-state index in [0.29, 0.717) is 13.0 Å². The molecule has 0 aliphatic heterocycles. The van der Waals surface area contributed by atoms with Crippen molar-refractivity contribution < 1.29 is 32.6 Å². The van der Waals surface area contributed by atoms with Crippen LogP contribution in [0.1, 0.15) is 79.8 Å². The zero-order valence-electron chi connectivity index (χ0n) is 26.1. The van der Waals surface area contributed by atoms with Crippen LogP contribution in [0.15, 0.2) is 103 Å². The number of benzene rings is 3. The molecular weight excluding hydrogens is 610 g/mol. The van der Waals surface area contributed by atoms with Gasteiger partial charge in [-0.2, -0.15) is 8.78 Å². The highest BCUT2D eigenvalue weighted by molar-refractivity contribution is 6.22. The van der Waals surface area contributed by atoms with Gasteiger partial charge in [0, 0.05) is 13.0 Å². The molecule has 0 heterocycles. The molecule has 3 aromatic rings. The van der Waals surface area contributed by atoms with E-state index in [2.05, 4.69) is 6.92 Å². The first-order valence-electron chi connectivity index (χ1n) is 15.9. The van der Waals surface area contributed by atoms with Crippen LogP contribution in [0.3, 0.4) is 0 Å². The Kier molecular flexibility index (Phi) is 13.1. The van der Waals surface area contributed by atoms with Crippen LogP contribution in [0.4, 0.5) is 8.78 Å². The largest absolute Gasteiger partial charge is 0.451 e. The average Bonchev–Trinajstić information content (AvgIpc) is 3.07. The van der Waals surface area contributed by atoms with Crippen LogP contribution < -0.4 is 4.74 Å². The fourth-order valence-corrected chi connectivity index (χ4v) is 5.36. The molecule has 2 atom stereocenters. The zero-order chi connectivity index (χ0) is 32.8. The highest BCUT2D eigenvalue weighted by Gasteiger charge is 2.41.